The van der Waals surface area contributed by atoms with Crippen LogP contribution >= 0.6 is 0 Å². The van der Waals surface area contributed by atoms with Crippen molar-refractivity contribution in [3.63, 3.8) is 0 Å². The fourth-order valence-corrected chi connectivity index (χ4v) is 2.25. The van der Waals surface area contributed by atoms with Gasteiger partial charge in [0.05, 0.1) is 18.2 Å². The molecule has 0 amide bonds. The lowest BCUT2D eigenvalue weighted by Crippen LogP contribution is -2.16. The maximum Gasteiger partial charge on any atom is 0.573 e. The van der Waals surface area contributed by atoms with Crippen LogP contribution < -0.4 is 10.1 Å². The van der Waals surface area contributed by atoms with Crippen LogP contribution in [0.5, 0.6) is 5.75 Å². The number of carbonyl (C=O) groups excluding carboxylic acids is 1. The van der Waals surface area contributed by atoms with Gasteiger partial charge in [-0.1, -0.05) is 0 Å². The molecule has 0 fully saturated rings. The van der Waals surface area contributed by atoms with Gasteiger partial charge < -0.3 is 19.8 Å². The summed E-state index contributed by atoms with van der Waals surface area (Å²) in [5.74, 6) is -1.90. The van der Waals surface area contributed by atoms with E-state index in [4.69, 9.17) is 0 Å². The molecule has 26 heavy (non-hydrogen) atoms. The number of alkyl halides is 3. The van der Waals surface area contributed by atoms with Gasteiger partial charge in [0.25, 0.3) is 0 Å². The molecule has 0 spiro atoms. The molecule has 136 valence electrons. The van der Waals surface area contributed by atoms with E-state index in [1.807, 2.05) is 0 Å². The number of H-pyrrole nitrogens is 1. The van der Waals surface area contributed by atoms with Gasteiger partial charge in [0.2, 0.25) is 5.95 Å². The minimum absolute atomic E-state index is 0.0765. The highest BCUT2D eigenvalue weighted by molar-refractivity contribution is 5.94. The number of aromatic nitrogens is 2. The van der Waals surface area contributed by atoms with Crippen molar-refractivity contribution < 1.29 is 31.8 Å². The molecule has 0 bridgehead atoms. The second kappa shape index (κ2) is 6.54. The number of aromatic amines is 1. The van der Waals surface area contributed by atoms with Crippen LogP contribution in [0, 0.1) is 5.82 Å². The largest absolute Gasteiger partial charge is 0.573 e. The van der Waals surface area contributed by atoms with Crippen molar-refractivity contribution in [2.24, 2.45) is 0 Å². The van der Waals surface area contributed by atoms with E-state index in [-0.39, 0.29) is 22.8 Å². The van der Waals surface area contributed by atoms with Gasteiger partial charge in [-0.3, -0.25) is 0 Å². The van der Waals surface area contributed by atoms with Crippen molar-refractivity contribution in [3.05, 3.63) is 47.8 Å². The fourth-order valence-electron chi connectivity index (χ4n) is 2.25. The SMILES string of the molecule is COC(=O)c1ccc2[nH]c(Nc3ccc(OC(F)(F)F)cc3)nc2c1F. The molecule has 2 N–H and O–H groups in total. The van der Waals surface area contributed by atoms with Crippen LogP contribution in [0.4, 0.5) is 29.2 Å². The van der Waals surface area contributed by atoms with Crippen molar-refractivity contribution in [1.29, 1.82) is 0 Å². The second-order valence-electron chi connectivity index (χ2n) is 5.10. The minimum atomic E-state index is -4.78. The summed E-state index contributed by atoms with van der Waals surface area (Å²) >= 11 is 0. The molecule has 1 heterocycles. The van der Waals surface area contributed by atoms with Crippen molar-refractivity contribution in [2.45, 2.75) is 6.36 Å². The van der Waals surface area contributed by atoms with Crippen LogP contribution in [0.1, 0.15) is 10.4 Å². The Balaban J connectivity index is 1.83. The molecule has 3 rings (SSSR count). The highest BCUT2D eigenvalue weighted by atomic mass is 19.4. The van der Waals surface area contributed by atoms with Crippen LogP contribution in [0.2, 0.25) is 0 Å². The third-order valence-corrected chi connectivity index (χ3v) is 3.35. The number of esters is 1. The van der Waals surface area contributed by atoms with Gasteiger partial charge in [-0.25, -0.2) is 14.2 Å². The zero-order valence-electron chi connectivity index (χ0n) is 13.1. The first-order chi connectivity index (χ1) is 12.3. The summed E-state index contributed by atoms with van der Waals surface area (Å²) in [5.41, 5.74) is 0.390. The average Bonchev–Trinajstić information content (AvgIpc) is 2.98. The number of nitrogens with zero attached hydrogens (tertiary/aromatic N) is 1. The molecular weight excluding hydrogens is 358 g/mol. The summed E-state index contributed by atoms with van der Waals surface area (Å²) in [6.07, 6.45) is -4.78. The number of fused-ring (bicyclic) bond motifs is 1. The highest BCUT2D eigenvalue weighted by Crippen LogP contribution is 2.26. The number of ether oxygens (including phenoxy) is 2. The predicted octanol–water partition coefficient (Wildman–Crippen LogP) is 4.13. The quantitative estimate of drug-likeness (QED) is 0.534. The molecule has 0 aliphatic rings. The molecule has 0 atom stereocenters. The van der Waals surface area contributed by atoms with Gasteiger partial charge in [0, 0.05) is 5.69 Å². The van der Waals surface area contributed by atoms with Crippen LogP contribution in [0.3, 0.4) is 0 Å². The molecular formula is C16H11F4N3O3. The Hall–Kier alpha value is -3.30. The maximum atomic E-state index is 14.3. The van der Waals surface area contributed by atoms with E-state index < -0.39 is 18.1 Å². The normalized spacial score (nSPS) is 11.4. The number of imidazole rings is 1. The van der Waals surface area contributed by atoms with Gasteiger partial charge in [0.1, 0.15) is 11.3 Å². The number of rotatable bonds is 4. The summed E-state index contributed by atoms with van der Waals surface area (Å²) in [7, 11) is 1.13. The zero-order valence-corrected chi connectivity index (χ0v) is 13.1. The molecule has 10 heteroatoms. The first kappa shape index (κ1) is 17.5. The monoisotopic (exact) mass is 369 g/mol. The Kier molecular flexibility index (Phi) is 4.41. The van der Waals surface area contributed by atoms with E-state index >= 15 is 0 Å². The van der Waals surface area contributed by atoms with Gasteiger partial charge >= 0.3 is 12.3 Å². The summed E-state index contributed by atoms with van der Waals surface area (Å²) in [6, 6.07) is 7.63. The Bertz CT molecular complexity index is 952. The molecule has 0 saturated carbocycles. The van der Waals surface area contributed by atoms with Crippen LogP contribution in [-0.4, -0.2) is 29.4 Å². The number of anilines is 2. The average molecular weight is 369 g/mol. The summed E-state index contributed by atoms with van der Waals surface area (Å²) in [4.78, 5) is 18.3. The third-order valence-electron chi connectivity index (χ3n) is 3.35. The molecule has 0 unspecified atom stereocenters. The molecule has 6 nitrogen and oxygen atoms in total. The number of hydrogen-bond acceptors (Lipinski definition) is 5. The Labute approximate surface area is 143 Å². The molecule has 0 aliphatic carbocycles. The first-order valence-corrected chi connectivity index (χ1v) is 7.16. The maximum absolute atomic E-state index is 14.3. The number of carbonyl (C=O) groups is 1. The number of nitrogens with one attached hydrogen (secondary N) is 2. The summed E-state index contributed by atoms with van der Waals surface area (Å²) < 4.78 is 59.0. The van der Waals surface area contributed by atoms with E-state index in [1.54, 1.807) is 0 Å². The lowest BCUT2D eigenvalue weighted by Gasteiger charge is -2.09. The van der Waals surface area contributed by atoms with Crippen LogP contribution in [0.15, 0.2) is 36.4 Å². The molecule has 1 aromatic heterocycles. The minimum Gasteiger partial charge on any atom is -0.465 e. The van der Waals surface area contributed by atoms with Gasteiger partial charge in [0.15, 0.2) is 5.82 Å². The standard InChI is InChI=1S/C16H11F4N3O3/c1-25-14(24)10-6-7-11-13(12(10)17)23-15(22-11)21-8-2-4-9(5-3-8)26-16(18,19)20/h2-7H,1H3,(H2,21,22,23). The lowest BCUT2D eigenvalue weighted by molar-refractivity contribution is -0.274. The van der Waals surface area contributed by atoms with Crippen molar-refractivity contribution in [2.75, 3.05) is 12.4 Å². The second-order valence-corrected chi connectivity index (χ2v) is 5.10. The smallest absolute Gasteiger partial charge is 0.465 e. The van der Waals surface area contributed by atoms with Crippen LogP contribution in [0.25, 0.3) is 11.0 Å². The highest BCUT2D eigenvalue weighted by Gasteiger charge is 2.31. The number of benzene rings is 2. The zero-order chi connectivity index (χ0) is 18.9. The molecule has 0 saturated heterocycles. The van der Waals surface area contributed by atoms with Crippen molar-refractivity contribution in [3.8, 4) is 5.75 Å². The van der Waals surface area contributed by atoms with E-state index in [1.165, 1.54) is 24.3 Å². The number of methoxy groups -OCH3 is 1. The number of halogens is 4. The van der Waals surface area contributed by atoms with E-state index in [9.17, 15) is 22.4 Å². The molecule has 0 aliphatic heterocycles. The lowest BCUT2D eigenvalue weighted by atomic mass is 10.2. The Morgan fingerprint density at radius 2 is 1.85 bits per heavy atom. The number of hydrogen-bond donors (Lipinski definition) is 2. The van der Waals surface area contributed by atoms with E-state index in [0.29, 0.717) is 11.2 Å². The first-order valence-electron chi connectivity index (χ1n) is 7.16. The molecule has 2 aromatic carbocycles. The van der Waals surface area contributed by atoms with Gasteiger partial charge in [-0.15, -0.1) is 13.2 Å². The summed E-state index contributed by atoms with van der Waals surface area (Å²) in [6.45, 7) is 0. The fraction of sp³-hybridized carbons (Fsp3) is 0.125. The van der Waals surface area contributed by atoms with Crippen molar-refractivity contribution >= 4 is 28.6 Å². The van der Waals surface area contributed by atoms with Crippen LogP contribution in [-0.2, 0) is 4.74 Å². The van der Waals surface area contributed by atoms with Crippen molar-refractivity contribution in [1.82, 2.24) is 9.97 Å². The summed E-state index contributed by atoms with van der Waals surface area (Å²) in [5, 5.41) is 2.79. The van der Waals surface area contributed by atoms with Gasteiger partial charge in [-0.05, 0) is 36.4 Å². The molecule has 3 aromatic rings. The van der Waals surface area contributed by atoms with E-state index in [0.717, 1.165) is 19.2 Å². The third kappa shape index (κ3) is 3.68. The Morgan fingerprint density at radius 3 is 2.46 bits per heavy atom. The predicted molar refractivity (Wildman–Crippen MR) is 83.8 cm³/mol. The topological polar surface area (TPSA) is 76.2 Å². The van der Waals surface area contributed by atoms with E-state index in [2.05, 4.69) is 24.8 Å². The van der Waals surface area contributed by atoms with Gasteiger partial charge in [-0.2, -0.15) is 0 Å². The Morgan fingerprint density at radius 1 is 1.15 bits per heavy atom. The molecule has 0 radical (unpaired) electrons.